The molecule has 1 aliphatic rings. The molecule has 2 N–H and O–H groups in total. The number of benzene rings is 1. The quantitative estimate of drug-likeness (QED) is 0.875. The highest BCUT2D eigenvalue weighted by Gasteiger charge is 2.35. The van der Waals surface area contributed by atoms with Crippen molar-refractivity contribution in [1.29, 1.82) is 0 Å². The van der Waals surface area contributed by atoms with Gasteiger partial charge in [0.05, 0.1) is 15.5 Å². The minimum absolute atomic E-state index is 0.150. The van der Waals surface area contributed by atoms with Crippen LogP contribution < -0.4 is 10.0 Å². The van der Waals surface area contributed by atoms with E-state index in [2.05, 4.69) is 10.0 Å². The van der Waals surface area contributed by atoms with Gasteiger partial charge in [-0.15, -0.1) is 0 Å². The van der Waals surface area contributed by atoms with Crippen molar-refractivity contribution in [3.63, 3.8) is 0 Å². The van der Waals surface area contributed by atoms with Gasteiger partial charge in [0.1, 0.15) is 0 Å². The Morgan fingerprint density at radius 1 is 1.36 bits per heavy atom. The molecule has 1 saturated heterocycles. The molecule has 0 bridgehead atoms. The van der Waals surface area contributed by atoms with Crippen molar-refractivity contribution in [2.45, 2.75) is 42.9 Å². The smallest absolute Gasteiger partial charge is 0.314 e. The molecule has 22 heavy (non-hydrogen) atoms. The minimum atomic E-state index is -4.70. The summed E-state index contributed by atoms with van der Waals surface area (Å²) in [7, 11) is -4.02. The van der Waals surface area contributed by atoms with Crippen molar-refractivity contribution >= 4 is 21.6 Å². The van der Waals surface area contributed by atoms with Crippen molar-refractivity contribution in [2.24, 2.45) is 0 Å². The fourth-order valence-electron chi connectivity index (χ4n) is 2.42. The van der Waals surface area contributed by atoms with Gasteiger partial charge in [0.15, 0.2) is 0 Å². The first-order valence-corrected chi connectivity index (χ1v) is 8.58. The second-order valence-corrected chi connectivity index (χ2v) is 7.46. The number of hydrogen-bond donors (Lipinski definition) is 2. The van der Waals surface area contributed by atoms with Gasteiger partial charge in [0.2, 0.25) is 10.0 Å². The minimum Gasteiger partial charge on any atom is -0.314 e. The molecular weight excluding hydrogens is 341 g/mol. The van der Waals surface area contributed by atoms with E-state index in [4.69, 9.17) is 11.6 Å². The summed E-state index contributed by atoms with van der Waals surface area (Å²) in [5.74, 6) is 0. The predicted octanol–water partition coefficient (Wildman–Crippen LogP) is 2.78. The summed E-state index contributed by atoms with van der Waals surface area (Å²) in [5.41, 5.74) is -1.16. The Kier molecular flexibility index (Phi) is 5.06. The number of rotatable bonds is 3. The maximum absolute atomic E-state index is 12.8. The molecule has 2 unspecified atom stereocenters. The molecule has 0 aliphatic carbocycles. The zero-order valence-corrected chi connectivity index (χ0v) is 13.3. The lowest BCUT2D eigenvalue weighted by Crippen LogP contribution is -2.46. The largest absolute Gasteiger partial charge is 0.417 e. The highest BCUT2D eigenvalue weighted by atomic mass is 35.5. The summed E-state index contributed by atoms with van der Waals surface area (Å²) < 4.78 is 65.4. The molecule has 1 aromatic carbocycles. The molecule has 2 atom stereocenters. The SMILES string of the molecule is CC1CC(NS(=O)(=O)c2ccc(Cl)c(C(F)(F)F)c2)CCN1. The molecule has 1 heterocycles. The number of sulfonamides is 1. The standard InChI is InChI=1S/C13H16ClF3N2O2S/c1-8-6-9(4-5-18-8)19-22(20,21)10-2-3-12(14)11(7-10)13(15,16)17/h2-3,7-9,18-19H,4-6H2,1H3. The summed E-state index contributed by atoms with van der Waals surface area (Å²) in [6, 6.07) is 2.44. The van der Waals surface area contributed by atoms with Gasteiger partial charge < -0.3 is 5.32 Å². The van der Waals surface area contributed by atoms with Gasteiger partial charge in [0.25, 0.3) is 0 Å². The maximum atomic E-state index is 12.8. The monoisotopic (exact) mass is 356 g/mol. The van der Waals surface area contributed by atoms with Crippen molar-refractivity contribution in [3.8, 4) is 0 Å². The number of nitrogens with one attached hydrogen (secondary N) is 2. The first-order chi connectivity index (χ1) is 10.1. The number of halogens is 4. The Bertz CT molecular complexity index is 649. The third kappa shape index (κ3) is 4.13. The van der Waals surface area contributed by atoms with Crippen LogP contribution in [0.1, 0.15) is 25.3 Å². The average Bonchev–Trinajstić information content (AvgIpc) is 2.36. The van der Waals surface area contributed by atoms with Crippen LogP contribution in [0.4, 0.5) is 13.2 Å². The lowest BCUT2D eigenvalue weighted by Gasteiger charge is -2.28. The highest BCUT2D eigenvalue weighted by molar-refractivity contribution is 7.89. The Balaban J connectivity index is 2.26. The fraction of sp³-hybridized carbons (Fsp3) is 0.538. The molecule has 1 aromatic rings. The molecule has 124 valence electrons. The predicted molar refractivity (Wildman–Crippen MR) is 77.3 cm³/mol. The number of piperidine rings is 1. The fourth-order valence-corrected chi connectivity index (χ4v) is 3.95. The van der Waals surface area contributed by atoms with E-state index >= 15 is 0 Å². The van der Waals surface area contributed by atoms with E-state index in [0.29, 0.717) is 25.5 Å². The first-order valence-electron chi connectivity index (χ1n) is 6.72. The molecule has 0 radical (unpaired) electrons. The van der Waals surface area contributed by atoms with Crippen LogP contribution in [0.25, 0.3) is 0 Å². The lowest BCUT2D eigenvalue weighted by atomic mass is 10.0. The molecule has 4 nitrogen and oxygen atoms in total. The van der Waals surface area contributed by atoms with E-state index in [1.165, 1.54) is 0 Å². The average molecular weight is 357 g/mol. The Labute approximate surface area is 132 Å². The summed E-state index contributed by atoms with van der Waals surface area (Å²) in [6.45, 7) is 2.58. The topological polar surface area (TPSA) is 58.2 Å². The van der Waals surface area contributed by atoms with Crippen LogP contribution in [0.2, 0.25) is 5.02 Å². The van der Waals surface area contributed by atoms with E-state index in [1.807, 2.05) is 6.92 Å². The molecule has 1 aliphatic heterocycles. The van der Waals surface area contributed by atoms with Gasteiger partial charge in [-0.25, -0.2) is 13.1 Å². The summed E-state index contributed by atoms with van der Waals surface area (Å²) in [4.78, 5) is -0.435. The number of alkyl halides is 3. The van der Waals surface area contributed by atoms with Crippen LogP contribution in [0.15, 0.2) is 23.1 Å². The van der Waals surface area contributed by atoms with Crippen molar-refractivity contribution < 1.29 is 21.6 Å². The Hall–Kier alpha value is -0.830. The zero-order valence-electron chi connectivity index (χ0n) is 11.7. The van der Waals surface area contributed by atoms with Crippen molar-refractivity contribution in [1.82, 2.24) is 10.0 Å². The van der Waals surface area contributed by atoms with E-state index in [1.54, 1.807) is 0 Å². The molecular formula is C13H16ClF3N2O2S. The first kappa shape index (κ1) is 17.5. The van der Waals surface area contributed by atoms with Crippen LogP contribution in [0.5, 0.6) is 0 Å². The highest BCUT2D eigenvalue weighted by Crippen LogP contribution is 2.36. The van der Waals surface area contributed by atoms with E-state index in [0.717, 1.165) is 12.1 Å². The summed E-state index contributed by atoms with van der Waals surface area (Å²) in [5, 5.41) is 2.65. The van der Waals surface area contributed by atoms with Crippen molar-refractivity contribution in [2.75, 3.05) is 6.54 Å². The van der Waals surface area contributed by atoms with Gasteiger partial charge >= 0.3 is 6.18 Å². The van der Waals surface area contributed by atoms with Crippen LogP contribution in [-0.4, -0.2) is 27.0 Å². The van der Waals surface area contributed by atoms with E-state index < -0.39 is 31.7 Å². The number of hydrogen-bond acceptors (Lipinski definition) is 3. The molecule has 0 amide bonds. The molecule has 9 heteroatoms. The maximum Gasteiger partial charge on any atom is 0.417 e. The van der Waals surface area contributed by atoms with E-state index in [9.17, 15) is 21.6 Å². The van der Waals surface area contributed by atoms with Gasteiger partial charge in [0, 0.05) is 12.1 Å². The third-order valence-corrected chi connectivity index (χ3v) is 5.35. The van der Waals surface area contributed by atoms with Gasteiger partial charge in [-0.3, -0.25) is 0 Å². The Morgan fingerprint density at radius 2 is 2.05 bits per heavy atom. The van der Waals surface area contributed by atoms with Crippen molar-refractivity contribution in [3.05, 3.63) is 28.8 Å². The van der Waals surface area contributed by atoms with Crippen LogP contribution in [0, 0.1) is 0 Å². The molecule has 0 aromatic heterocycles. The molecule has 0 saturated carbocycles. The van der Waals surface area contributed by atoms with Gasteiger partial charge in [-0.2, -0.15) is 13.2 Å². The van der Waals surface area contributed by atoms with Crippen LogP contribution >= 0.6 is 11.6 Å². The second-order valence-electron chi connectivity index (χ2n) is 5.34. The van der Waals surface area contributed by atoms with Gasteiger partial charge in [-0.05, 0) is 44.5 Å². The lowest BCUT2D eigenvalue weighted by molar-refractivity contribution is -0.137. The molecule has 0 spiro atoms. The third-order valence-electron chi connectivity index (χ3n) is 3.50. The molecule has 1 fully saturated rings. The normalized spacial score (nSPS) is 23.5. The van der Waals surface area contributed by atoms with E-state index in [-0.39, 0.29) is 12.1 Å². The summed E-state index contributed by atoms with van der Waals surface area (Å²) >= 11 is 5.50. The zero-order chi connectivity index (χ0) is 16.5. The van der Waals surface area contributed by atoms with Gasteiger partial charge in [-0.1, -0.05) is 11.6 Å². The second kappa shape index (κ2) is 6.35. The van der Waals surface area contributed by atoms with Crippen LogP contribution in [-0.2, 0) is 16.2 Å². The molecule has 2 rings (SSSR count). The Morgan fingerprint density at radius 3 is 2.64 bits per heavy atom. The summed E-state index contributed by atoms with van der Waals surface area (Å²) in [6.07, 6.45) is -3.53. The van der Waals surface area contributed by atoms with Crippen LogP contribution in [0.3, 0.4) is 0 Å².